The molecule has 1 aromatic heterocycles. The Bertz CT molecular complexity index is 1330. The van der Waals surface area contributed by atoms with Crippen LogP contribution in [0.2, 0.25) is 0 Å². The number of halogens is 3. The highest BCUT2D eigenvalue weighted by molar-refractivity contribution is 5.99. The summed E-state index contributed by atoms with van der Waals surface area (Å²) in [4.78, 5) is 17.8. The van der Waals surface area contributed by atoms with Crippen molar-refractivity contribution in [3.63, 3.8) is 0 Å². The summed E-state index contributed by atoms with van der Waals surface area (Å²) in [6, 6.07) is 20.0. The van der Waals surface area contributed by atoms with Crippen molar-refractivity contribution in [3.8, 4) is 22.3 Å². The van der Waals surface area contributed by atoms with E-state index in [0.717, 1.165) is 45.3 Å². The summed E-state index contributed by atoms with van der Waals surface area (Å²) >= 11 is 0. The van der Waals surface area contributed by atoms with Crippen LogP contribution in [0.5, 0.6) is 0 Å². The molecule has 0 radical (unpaired) electrons. The van der Waals surface area contributed by atoms with Gasteiger partial charge in [0, 0.05) is 48.1 Å². The van der Waals surface area contributed by atoms with Gasteiger partial charge in [-0.05, 0) is 65.6 Å². The highest BCUT2D eigenvalue weighted by Gasteiger charge is 2.35. The van der Waals surface area contributed by atoms with Crippen molar-refractivity contribution in [2.24, 2.45) is 0 Å². The van der Waals surface area contributed by atoms with Crippen LogP contribution >= 0.6 is 0 Å². The van der Waals surface area contributed by atoms with E-state index < -0.39 is 5.92 Å². The van der Waals surface area contributed by atoms with E-state index >= 15 is 0 Å². The van der Waals surface area contributed by atoms with E-state index in [4.69, 9.17) is 0 Å². The van der Waals surface area contributed by atoms with Crippen LogP contribution in [0.15, 0.2) is 66.7 Å². The van der Waals surface area contributed by atoms with Gasteiger partial charge in [0.25, 0.3) is 11.8 Å². The lowest BCUT2D eigenvalue weighted by atomic mass is 9.95. The van der Waals surface area contributed by atoms with Crippen molar-refractivity contribution in [2.75, 3.05) is 13.1 Å². The molecule has 1 fully saturated rings. The summed E-state index contributed by atoms with van der Waals surface area (Å²) in [5.74, 6) is -3.19. The number of aromatic amines is 1. The molecule has 0 unspecified atom stereocenters. The number of nitrogens with zero attached hydrogens (tertiary/aromatic N) is 1. The highest BCUT2D eigenvalue weighted by Crippen LogP contribution is 2.35. The third-order valence-corrected chi connectivity index (χ3v) is 6.57. The van der Waals surface area contributed by atoms with E-state index in [1.807, 2.05) is 12.1 Å². The number of hydrogen-bond donors (Lipinski definition) is 1. The second kappa shape index (κ2) is 8.67. The third kappa shape index (κ3) is 4.32. The summed E-state index contributed by atoms with van der Waals surface area (Å²) in [5, 5.41) is 1.06. The first-order chi connectivity index (χ1) is 16.3. The topological polar surface area (TPSA) is 36.1 Å². The minimum atomic E-state index is -2.68. The van der Waals surface area contributed by atoms with Gasteiger partial charge < -0.3 is 9.88 Å². The molecule has 1 N–H and O–H groups in total. The number of H-pyrrole nitrogens is 1. The second-order valence-corrected chi connectivity index (χ2v) is 8.87. The van der Waals surface area contributed by atoms with Gasteiger partial charge in [0.2, 0.25) is 0 Å². The zero-order valence-electron chi connectivity index (χ0n) is 18.9. The number of rotatable bonds is 4. The van der Waals surface area contributed by atoms with Crippen molar-refractivity contribution < 1.29 is 18.0 Å². The summed E-state index contributed by atoms with van der Waals surface area (Å²) in [6.45, 7) is 2.22. The molecule has 6 heteroatoms. The standard InChI is InChI=1S/C28H25F3N2O/c1-2-24-16-22-15-21(17-25(26(22)32-24)19-7-9-23(29)10-8-19)18-3-5-20(6-4-18)27(34)33-13-11-28(30,31)12-14-33/h3-10,15-17,32H,2,11-14H2,1H3. The first kappa shape index (κ1) is 22.3. The lowest BCUT2D eigenvalue weighted by molar-refractivity contribution is -0.0494. The van der Waals surface area contributed by atoms with E-state index in [2.05, 4.69) is 30.1 Å². The lowest BCUT2D eigenvalue weighted by Crippen LogP contribution is -2.42. The van der Waals surface area contributed by atoms with Crippen LogP contribution in [0.25, 0.3) is 33.2 Å². The monoisotopic (exact) mass is 462 g/mol. The molecule has 3 nitrogen and oxygen atoms in total. The van der Waals surface area contributed by atoms with Crippen molar-refractivity contribution >= 4 is 16.8 Å². The van der Waals surface area contributed by atoms with E-state index in [1.165, 1.54) is 17.0 Å². The number of amides is 1. The molecule has 2 heterocycles. The molecule has 0 atom stereocenters. The van der Waals surface area contributed by atoms with E-state index in [9.17, 15) is 18.0 Å². The number of aromatic nitrogens is 1. The van der Waals surface area contributed by atoms with Gasteiger partial charge in [-0.2, -0.15) is 0 Å². The molecule has 4 aromatic rings. The number of nitrogens with one attached hydrogen (secondary N) is 1. The average Bonchev–Trinajstić information content (AvgIpc) is 3.27. The zero-order valence-corrected chi connectivity index (χ0v) is 18.9. The Morgan fingerprint density at radius 2 is 1.56 bits per heavy atom. The van der Waals surface area contributed by atoms with Gasteiger partial charge in [0.15, 0.2) is 0 Å². The van der Waals surface area contributed by atoms with Crippen LogP contribution < -0.4 is 0 Å². The fraction of sp³-hybridized carbons (Fsp3) is 0.250. The maximum absolute atomic E-state index is 13.5. The maximum Gasteiger partial charge on any atom is 0.253 e. The Hall–Kier alpha value is -3.54. The summed E-state index contributed by atoms with van der Waals surface area (Å²) in [6.07, 6.45) is 0.283. The van der Waals surface area contributed by atoms with Gasteiger partial charge in [-0.25, -0.2) is 13.2 Å². The van der Waals surface area contributed by atoms with E-state index in [1.54, 1.807) is 24.3 Å². The van der Waals surface area contributed by atoms with Crippen molar-refractivity contribution in [2.45, 2.75) is 32.1 Å². The fourth-order valence-electron chi connectivity index (χ4n) is 4.54. The number of alkyl halides is 2. The number of hydrogen-bond acceptors (Lipinski definition) is 1. The predicted molar refractivity (Wildman–Crippen MR) is 129 cm³/mol. The average molecular weight is 463 g/mol. The molecule has 0 aliphatic carbocycles. The van der Waals surface area contributed by atoms with Gasteiger partial charge in [-0.1, -0.05) is 31.2 Å². The van der Waals surface area contributed by atoms with E-state index in [0.29, 0.717) is 5.56 Å². The molecule has 1 amide bonds. The van der Waals surface area contributed by atoms with Crippen molar-refractivity contribution in [3.05, 3.63) is 83.8 Å². The number of piperidine rings is 1. The molecule has 0 spiro atoms. The summed E-state index contributed by atoms with van der Waals surface area (Å²) in [5.41, 5.74) is 6.40. The van der Waals surface area contributed by atoms with Gasteiger partial charge in [0.05, 0.1) is 5.52 Å². The maximum atomic E-state index is 13.5. The molecule has 174 valence electrons. The van der Waals surface area contributed by atoms with Crippen molar-refractivity contribution in [1.82, 2.24) is 9.88 Å². The van der Waals surface area contributed by atoms with E-state index in [-0.39, 0.29) is 37.7 Å². The Kier molecular flexibility index (Phi) is 5.68. The summed E-state index contributed by atoms with van der Waals surface area (Å²) < 4.78 is 40.4. The highest BCUT2D eigenvalue weighted by atomic mass is 19.3. The molecule has 0 saturated carbocycles. The van der Waals surface area contributed by atoms with Crippen LogP contribution in [0.1, 0.15) is 35.8 Å². The van der Waals surface area contributed by atoms with Crippen molar-refractivity contribution in [1.29, 1.82) is 0 Å². The SMILES string of the molecule is CCc1cc2cc(-c3ccc(C(=O)N4CCC(F)(F)CC4)cc3)cc(-c3ccc(F)cc3)c2[nH]1. The smallest absolute Gasteiger partial charge is 0.253 e. The minimum absolute atomic E-state index is 0.0680. The molecular formula is C28H25F3N2O. The quantitative estimate of drug-likeness (QED) is 0.346. The first-order valence-electron chi connectivity index (χ1n) is 11.5. The third-order valence-electron chi connectivity index (χ3n) is 6.57. The Balaban J connectivity index is 1.48. The molecule has 0 bridgehead atoms. The molecule has 1 aliphatic heterocycles. The Morgan fingerprint density at radius 3 is 2.21 bits per heavy atom. The van der Waals surface area contributed by atoms with Crippen LogP contribution in [0.3, 0.4) is 0 Å². The Morgan fingerprint density at radius 1 is 0.912 bits per heavy atom. The molecule has 3 aromatic carbocycles. The summed E-state index contributed by atoms with van der Waals surface area (Å²) in [7, 11) is 0. The van der Waals surface area contributed by atoms with Gasteiger partial charge in [0.1, 0.15) is 5.82 Å². The van der Waals surface area contributed by atoms with Crippen LogP contribution in [0, 0.1) is 5.82 Å². The Labute approximate surface area is 196 Å². The van der Waals surface area contributed by atoms with Crippen LogP contribution in [0.4, 0.5) is 13.2 Å². The van der Waals surface area contributed by atoms with Gasteiger partial charge >= 0.3 is 0 Å². The lowest BCUT2D eigenvalue weighted by Gasteiger charge is -2.31. The predicted octanol–water partition coefficient (Wildman–Crippen LogP) is 7.07. The number of carbonyl (C=O) groups excluding carboxylic acids is 1. The van der Waals surface area contributed by atoms with Gasteiger partial charge in [-0.3, -0.25) is 4.79 Å². The van der Waals surface area contributed by atoms with Crippen LogP contribution in [-0.4, -0.2) is 34.8 Å². The zero-order chi connectivity index (χ0) is 23.9. The first-order valence-corrected chi connectivity index (χ1v) is 11.5. The normalized spacial score (nSPS) is 15.6. The largest absolute Gasteiger partial charge is 0.358 e. The molecule has 34 heavy (non-hydrogen) atoms. The molecular weight excluding hydrogens is 437 g/mol. The fourth-order valence-corrected chi connectivity index (χ4v) is 4.54. The number of carbonyl (C=O) groups is 1. The number of fused-ring (bicyclic) bond motifs is 1. The number of aryl methyl sites for hydroxylation is 1. The second-order valence-electron chi connectivity index (χ2n) is 8.87. The van der Waals surface area contributed by atoms with Gasteiger partial charge in [-0.15, -0.1) is 0 Å². The molecule has 1 aliphatic rings. The molecule has 5 rings (SSSR count). The minimum Gasteiger partial charge on any atom is -0.358 e. The number of benzene rings is 3. The van der Waals surface area contributed by atoms with Crippen LogP contribution in [-0.2, 0) is 6.42 Å². The number of likely N-dealkylation sites (tertiary alicyclic amines) is 1. The molecule has 1 saturated heterocycles.